The summed E-state index contributed by atoms with van der Waals surface area (Å²) in [6.07, 6.45) is 3.84. The highest BCUT2D eigenvalue weighted by Gasteiger charge is 2.47. The zero-order chi connectivity index (χ0) is 17.4. The van der Waals surface area contributed by atoms with Gasteiger partial charge < -0.3 is 16.2 Å². The molecule has 2 aliphatic rings. The van der Waals surface area contributed by atoms with Crippen LogP contribution in [0.15, 0.2) is 0 Å². The Morgan fingerprint density at radius 3 is 2.22 bits per heavy atom. The molecule has 0 aromatic heterocycles. The van der Waals surface area contributed by atoms with Gasteiger partial charge in [0.05, 0.1) is 0 Å². The Morgan fingerprint density at radius 1 is 1.13 bits per heavy atom. The number of hydroxylamine groups is 2. The molecule has 3 unspecified atom stereocenters. The highest BCUT2D eigenvalue weighted by molar-refractivity contribution is 5.70. The molecule has 0 spiro atoms. The summed E-state index contributed by atoms with van der Waals surface area (Å²) >= 11 is 0. The van der Waals surface area contributed by atoms with Crippen LogP contribution in [0.1, 0.15) is 66.2 Å². The van der Waals surface area contributed by atoms with E-state index in [0.29, 0.717) is 19.3 Å². The Morgan fingerprint density at radius 2 is 1.70 bits per heavy atom. The van der Waals surface area contributed by atoms with Crippen LogP contribution in [-0.2, 0) is 14.7 Å². The zero-order valence-corrected chi connectivity index (χ0v) is 14.9. The molecule has 3 atom stereocenters. The summed E-state index contributed by atoms with van der Waals surface area (Å²) in [6.45, 7) is 7.61. The fraction of sp³-hybridized carbons (Fsp3) is 0.941. The van der Waals surface area contributed by atoms with Crippen molar-refractivity contribution < 1.29 is 14.7 Å². The molecule has 1 radical (unpaired) electrons. The molecule has 133 valence electrons. The lowest BCUT2D eigenvalue weighted by atomic mass is 9.79. The Balaban J connectivity index is 1.90. The molecule has 0 aromatic carbocycles. The lowest BCUT2D eigenvalue weighted by molar-refractivity contribution is -0.299. The summed E-state index contributed by atoms with van der Waals surface area (Å²) in [5.41, 5.74) is 11.0. The number of carbonyl (C=O) groups is 1. The molecule has 23 heavy (non-hydrogen) atoms. The van der Waals surface area contributed by atoms with Gasteiger partial charge in [-0.05, 0) is 52.9 Å². The first-order valence-electron chi connectivity index (χ1n) is 8.69. The summed E-state index contributed by atoms with van der Waals surface area (Å²) in [7, 11) is 0. The first kappa shape index (κ1) is 18.6. The predicted molar refractivity (Wildman–Crippen MR) is 87.7 cm³/mol. The first-order chi connectivity index (χ1) is 10.5. The Labute approximate surface area is 139 Å². The maximum Gasteiger partial charge on any atom is 0.306 e. The lowest BCUT2D eigenvalue weighted by Crippen LogP contribution is -2.60. The van der Waals surface area contributed by atoms with E-state index in [2.05, 4.69) is 0 Å². The van der Waals surface area contributed by atoms with Crippen LogP contribution in [0, 0.1) is 5.92 Å². The van der Waals surface area contributed by atoms with Gasteiger partial charge in [0.25, 0.3) is 0 Å². The van der Waals surface area contributed by atoms with Crippen molar-refractivity contribution in [2.45, 2.75) is 95.5 Å². The summed E-state index contributed by atoms with van der Waals surface area (Å²) in [6, 6.07) is 0.128. The average Bonchev–Trinajstić information content (AvgIpc) is 2.38. The van der Waals surface area contributed by atoms with Crippen LogP contribution < -0.4 is 11.5 Å². The number of nitrogens with two attached hydrogens (primary N) is 2. The highest BCUT2D eigenvalue weighted by atomic mass is 16.5. The number of carbonyl (C=O) groups excluding carboxylic acids is 1. The molecule has 2 fully saturated rings. The van der Waals surface area contributed by atoms with E-state index in [0.717, 1.165) is 24.3 Å². The van der Waals surface area contributed by atoms with Crippen LogP contribution in [0.4, 0.5) is 0 Å². The van der Waals surface area contributed by atoms with Gasteiger partial charge in [0.1, 0.15) is 6.10 Å². The van der Waals surface area contributed by atoms with E-state index in [1.807, 2.05) is 27.7 Å². The van der Waals surface area contributed by atoms with E-state index in [1.165, 1.54) is 0 Å². The van der Waals surface area contributed by atoms with Crippen LogP contribution in [0.25, 0.3) is 0 Å². The van der Waals surface area contributed by atoms with Gasteiger partial charge in [-0.1, -0.05) is 0 Å². The van der Waals surface area contributed by atoms with Crippen molar-refractivity contribution in [3.05, 3.63) is 0 Å². The molecule has 6 heteroatoms. The summed E-state index contributed by atoms with van der Waals surface area (Å²) in [4.78, 5) is 12.3. The van der Waals surface area contributed by atoms with Gasteiger partial charge in [-0.25, -0.2) is 0 Å². The minimum Gasteiger partial charge on any atom is -0.462 e. The molecular weight excluding hydrogens is 294 g/mol. The number of rotatable bonds is 3. The maximum absolute atomic E-state index is 12.3. The van der Waals surface area contributed by atoms with Gasteiger partial charge in [0.2, 0.25) is 0 Å². The molecule has 1 heterocycles. The molecule has 6 nitrogen and oxygen atoms in total. The summed E-state index contributed by atoms with van der Waals surface area (Å²) in [5, 5.41) is 13.5. The summed E-state index contributed by atoms with van der Waals surface area (Å²) in [5.74, 6) is -0.0419. The van der Waals surface area contributed by atoms with Gasteiger partial charge in [-0.3, -0.25) is 4.79 Å². The third-order valence-corrected chi connectivity index (χ3v) is 5.37. The third kappa shape index (κ3) is 4.44. The van der Waals surface area contributed by atoms with Crippen molar-refractivity contribution in [2.24, 2.45) is 17.4 Å². The van der Waals surface area contributed by atoms with Crippen molar-refractivity contribution in [1.82, 2.24) is 5.06 Å². The Bertz CT molecular complexity index is 421. The van der Waals surface area contributed by atoms with Crippen molar-refractivity contribution in [1.29, 1.82) is 0 Å². The zero-order valence-electron chi connectivity index (χ0n) is 14.9. The number of hydrogen-bond acceptors (Lipinski definition) is 5. The number of esters is 1. The quantitative estimate of drug-likeness (QED) is 0.769. The van der Waals surface area contributed by atoms with Gasteiger partial charge >= 0.3 is 5.97 Å². The van der Waals surface area contributed by atoms with Crippen LogP contribution >= 0.6 is 0 Å². The minimum atomic E-state index is -0.527. The second-order valence-electron chi connectivity index (χ2n) is 8.64. The monoisotopic (exact) mass is 326 g/mol. The number of hydrogen-bond donors (Lipinski definition) is 2. The molecule has 1 saturated heterocycles. The molecule has 0 amide bonds. The van der Waals surface area contributed by atoms with Crippen LogP contribution in [0.2, 0.25) is 0 Å². The molecular formula is C17H32N3O3. The van der Waals surface area contributed by atoms with Crippen molar-refractivity contribution in [3.63, 3.8) is 0 Å². The largest absolute Gasteiger partial charge is 0.462 e. The van der Waals surface area contributed by atoms with Crippen LogP contribution in [-0.4, -0.2) is 40.3 Å². The number of piperidine rings is 1. The third-order valence-electron chi connectivity index (χ3n) is 5.37. The molecule has 1 saturated carbocycles. The van der Waals surface area contributed by atoms with Gasteiger partial charge in [0, 0.05) is 42.4 Å². The Hall–Kier alpha value is -0.690. The van der Waals surface area contributed by atoms with Gasteiger partial charge in [-0.15, -0.1) is 10.3 Å². The van der Waals surface area contributed by atoms with Gasteiger partial charge in [0.15, 0.2) is 0 Å². The second kappa shape index (κ2) is 6.67. The van der Waals surface area contributed by atoms with E-state index in [4.69, 9.17) is 16.2 Å². The Kier molecular flexibility index (Phi) is 5.41. The van der Waals surface area contributed by atoms with E-state index in [1.54, 1.807) is 0 Å². The normalized spacial score (nSPS) is 35.0. The van der Waals surface area contributed by atoms with Crippen molar-refractivity contribution in [2.75, 3.05) is 0 Å². The highest BCUT2D eigenvalue weighted by Crippen LogP contribution is 2.38. The maximum atomic E-state index is 12.3. The lowest BCUT2D eigenvalue weighted by Gasteiger charge is -2.49. The van der Waals surface area contributed by atoms with E-state index < -0.39 is 11.1 Å². The topological polar surface area (TPSA) is 101 Å². The van der Waals surface area contributed by atoms with E-state index in [-0.39, 0.29) is 30.1 Å². The average molecular weight is 326 g/mol. The van der Waals surface area contributed by atoms with E-state index in [9.17, 15) is 10.0 Å². The van der Waals surface area contributed by atoms with Crippen molar-refractivity contribution >= 4 is 5.97 Å². The number of ether oxygens (including phenoxy) is 1. The van der Waals surface area contributed by atoms with E-state index >= 15 is 0 Å². The molecule has 4 N–H and O–H groups in total. The molecule has 0 aromatic rings. The van der Waals surface area contributed by atoms with Crippen LogP contribution in [0.3, 0.4) is 0 Å². The first-order valence-corrected chi connectivity index (χ1v) is 8.69. The van der Waals surface area contributed by atoms with Gasteiger partial charge in [-0.2, -0.15) is 0 Å². The SMILES string of the molecule is CC1(C)CC(OC(=O)CC2CCC(N)CC2N)CC(C)(C)N1[O]. The molecule has 0 bridgehead atoms. The fourth-order valence-corrected chi connectivity index (χ4v) is 4.26. The fourth-order valence-electron chi connectivity index (χ4n) is 4.26. The predicted octanol–water partition coefficient (Wildman–Crippen LogP) is 1.74. The standard InChI is InChI=1S/C17H32N3O3/c1-16(2)9-13(10-17(3,4)20(16)22)23-15(21)7-11-5-6-12(18)8-14(11)19/h11-14H,5-10,18-19H2,1-4H3. The molecule has 1 aliphatic carbocycles. The molecule has 1 aliphatic heterocycles. The molecule has 2 rings (SSSR count). The van der Waals surface area contributed by atoms with Crippen molar-refractivity contribution in [3.8, 4) is 0 Å². The smallest absolute Gasteiger partial charge is 0.306 e. The number of nitrogens with zero attached hydrogens (tertiary/aromatic N) is 1. The summed E-state index contributed by atoms with van der Waals surface area (Å²) < 4.78 is 5.70. The second-order valence-corrected chi connectivity index (χ2v) is 8.64. The minimum absolute atomic E-state index is 0.0253. The van der Waals surface area contributed by atoms with Crippen LogP contribution in [0.5, 0.6) is 0 Å².